The summed E-state index contributed by atoms with van der Waals surface area (Å²) in [6.07, 6.45) is 1.95. The summed E-state index contributed by atoms with van der Waals surface area (Å²) in [5, 5.41) is 12.1. The number of nitriles is 1. The van der Waals surface area contributed by atoms with Crippen molar-refractivity contribution in [3.8, 4) is 6.07 Å². The van der Waals surface area contributed by atoms with Crippen LogP contribution in [0, 0.1) is 11.3 Å². The van der Waals surface area contributed by atoms with Gasteiger partial charge in [0.2, 0.25) is 5.91 Å². The van der Waals surface area contributed by atoms with Gasteiger partial charge in [0.25, 0.3) is 0 Å². The number of carbonyl (C=O) groups is 1. The maximum absolute atomic E-state index is 12.3. The molecule has 4 heteroatoms. The van der Waals surface area contributed by atoms with Crippen LogP contribution in [0.3, 0.4) is 0 Å². The third-order valence-electron chi connectivity index (χ3n) is 3.41. The van der Waals surface area contributed by atoms with Crippen LogP contribution in [0.25, 0.3) is 0 Å². The minimum absolute atomic E-state index is 0.0436. The summed E-state index contributed by atoms with van der Waals surface area (Å²) in [7, 11) is 0. The molecule has 0 aromatic heterocycles. The van der Waals surface area contributed by atoms with Gasteiger partial charge in [-0.2, -0.15) is 5.26 Å². The van der Waals surface area contributed by atoms with Crippen molar-refractivity contribution >= 4 is 5.91 Å². The Balaban J connectivity index is 2.05. The summed E-state index contributed by atoms with van der Waals surface area (Å²) in [6, 6.07) is 9.55. The Kier molecular flexibility index (Phi) is 4.53. The summed E-state index contributed by atoms with van der Waals surface area (Å²) < 4.78 is 0. The molecule has 1 unspecified atom stereocenters. The molecule has 1 aliphatic heterocycles. The third-order valence-corrected chi connectivity index (χ3v) is 3.41. The Morgan fingerprint density at radius 1 is 1.53 bits per heavy atom. The van der Waals surface area contributed by atoms with E-state index in [4.69, 9.17) is 5.26 Å². The van der Waals surface area contributed by atoms with E-state index in [1.54, 1.807) is 6.07 Å². The average Bonchev–Trinajstić information content (AvgIpc) is 2.44. The summed E-state index contributed by atoms with van der Waals surface area (Å²) >= 11 is 0. The normalized spacial score (nSPS) is 19.3. The zero-order valence-electron chi connectivity index (χ0n) is 11.2. The standard InChI is InChI=1S/C15H19N3O/c1-2-17-14-7-4-8-18(15(14)19)11-13-6-3-5-12(9-13)10-16/h3,5-6,9,14,17H,2,4,7-8,11H2,1H3. The Bertz CT molecular complexity index is 490. The molecule has 1 heterocycles. The molecular weight excluding hydrogens is 238 g/mol. The molecule has 19 heavy (non-hydrogen) atoms. The number of hydrogen-bond acceptors (Lipinski definition) is 3. The largest absolute Gasteiger partial charge is 0.337 e. The van der Waals surface area contributed by atoms with Crippen LogP contribution in [0.1, 0.15) is 30.9 Å². The van der Waals surface area contributed by atoms with Crippen LogP contribution in [0.2, 0.25) is 0 Å². The predicted octanol–water partition coefficient (Wildman–Crippen LogP) is 1.66. The van der Waals surface area contributed by atoms with Crippen LogP contribution in [0.15, 0.2) is 24.3 Å². The molecule has 1 fully saturated rings. The van der Waals surface area contributed by atoms with Gasteiger partial charge in [-0.25, -0.2) is 0 Å². The molecule has 2 rings (SSSR count). The van der Waals surface area contributed by atoms with Crippen LogP contribution in [-0.2, 0) is 11.3 Å². The van der Waals surface area contributed by atoms with Crippen molar-refractivity contribution < 1.29 is 4.79 Å². The van der Waals surface area contributed by atoms with E-state index in [0.717, 1.165) is 31.5 Å². The second-order valence-electron chi connectivity index (χ2n) is 4.82. The van der Waals surface area contributed by atoms with Gasteiger partial charge in [0.05, 0.1) is 17.7 Å². The van der Waals surface area contributed by atoms with Crippen molar-refractivity contribution in [2.24, 2.45) is 0 Å². The van der Waals surface area contributed by atoms with E-state index in [0.29, 0.717) is 12.1 Å². The highest BCUT2D eigenvalue weighted by Crippen LogP contribution is 2.15. The fourth-order valence-electron chi connectivity index (χ4n) is 2.49. The van der Waals surface area contributed by atoms with Crippen molar-refractivity contribution in [2.45, 2.75) is 32.4 Å². The van der Waals surface area contributed by atoms with Crippen LogP contribution in [0.4, 0.5) is 0 Å². The molecular formula is C15H19N3O. The lowest BCUT2D eigenvalue weighted by atomic mass is 10.0. The molecule has 1 amide bonds. The summed E-state index contributed by atoms with van der Waals surface area (Å²) in [5.74, 6) is 0.176. The van der Waals surface area contributed by atoms with Crippen molar-refractivity contribution in [1.29, 1.82) is 5.26 Å². The van der Waals surface area contributed by atoms with Gasteiger partial charge in [0.1, 0.15) is 0 Å². The van der Waals surface area contributed by atoms with Gasteiger partial charge in [0.15, 0.2) is 0 Å². The van der Waals surface area contributed by atoms with Gasteiger partial charge >= 0.3 is 0 Å². The number of likely N-dealkylation sites (N-methyl/N-ethyl adjacent to an activating group) is 1. The van der Waals surface area contributed by atoms with Gasteiger partial charge in [-0.1, -0.05) is 19.1 Å². The molecule has 0 radical (unpaired) electrons. The van der Waals surface area contributed by atoms with Crippen molar-refractivity contribution in [3.05, 3.63) is 35.4 Å². The molecule has 1 aliphatic rings. The predicted molar refractivity (Wildman–Crippen MR) is 73.3 cm³/mol. The van der Waals surface area contributed by atoms with Gasteiger partial charge in [0, 0.05) is 13.1 Å². The first-order valence-corrected chi connectivity index (χ1v) is 6.75. The van der Waals surface area contributed by atoms with Crippen LogP contribution in [0.5, 0.6) is 0 Å². The third kappa shape index (κ3) is 3.33. The number of amides is 1. The number of piperidine rings is 1. The zero-order valence-corrected chi connectivity index (χ0v) is 11.2. The summed E-state index contributed by atoms with van der Waals surface area (Å²) in [4.78, 5) is 14.2. The fourth-order valence-corrected chi connectivity index (χ4v) is 2.49. The summed E-state index contributed by atoms with van der Waals surface area (Å²) in [6.45, 7) is 4.23. The number of nitrogens with one attached hydrogen (secondary N) is 1. The quantitative estimate of drug-likeness (QED) is 0.892. The molecule has 0 spiro atoms. The van der Waals surface area contributed by atoms with Gasteiger partial charge in [-0.05, 0) is 37.1 Å². The Morgan fingerprint density at radius 3 is 3.11 bits per heavy atom. The van der Waals surface area contributed by atoms with Gasteiger partial charge < -0.3 is 10.2 Å². The van der Waals surface area contributed by atoms with Gasteiger partial charge in [-0.15, -0.1) is 0 Å². The van der Waals surface area contributed by atoms with E-state index in [-0.39, 0.29) is 11.9 Å². The van der Waals surface area contributed by atoms with Crippen LogP contribution >= 0.6 is 0 Å². The molecule has 1 N–H and O–H groups in total. The Labute approximate surface area is 114 Å². The topological polar surface area (TPSA) is 56.1 Å². The number of benzene rings is 1. The van der Waals surface area contributed by atoms with Crippen molar-refractivity contribution in [2.75, 3.05) is 13.1 Å². The SMILES string of the molecule is CCNC1CCCN(Cc2cccc(C#N)c2)C1=O. The monoisotopic (exact) mass is 257 g/mol. The first-order valence-electron chi connectivity index (χ1n) is 6.75. The first-order chi connectivity index (χ1) is 9.24. The molecule has 1 saturated heterocycles. The van der Waals surface area contributed by atoms with Crippen LogP contribution in [-0.4, -0.2) is 29.9 Å². The van der Waals surface area contributed by atoms with Crippen molar-refractivity contribution in [3.63, 3.8) is 0 Å². The summed E-state index contributed by atoms with van der Waals surface area (Å²) in [5.41, 5.74) is 1.66. The molecule has 0 bridgehead atoms. The highest BCUT2D eigenvalue weighted by molar-refractivity contribution is 5.82. The number of nitrogens with zero attached hydrogens (tertiary/aromatic N) is 2. The molecule has 1 atom stereocenters. The fraction of sp³-hybridized carbons (Fsp3) is 0.467. The number of carbonyl (C=O) groups excluding carboxylic acids is 1. The van der Waals surface area contributed by atoms with E-state index in [2.05, 4.69) is 11.4 Å². The average molecular weight is 257 g/mol. The first kappa shape index (κ1) is 13.6. The maximum atomic E-state index is 12.3. The smallest absolute Gasteiger partial charge is 0.240 e. The Morgan fingerprint density at radius 2 is 2.37 bits per heavy atom. The van der Waals surface area contributed by atoms with Crippen molar-refractivity contribution in [1.82, 2.24) is 10.2 Å². The lowest BCUT2D eigenvalue weighted by Gasteiger charge is -2.32. The molecule has 4 nitrogen and oxygen atoms in total. The van der Waals surface area contributed by atoms with Gasteiger partial charge in [-0.3, -0.25) is 4.79 Å². The lowest BCUT2D eigenvalue weighted by molar-refractivity contribution is -0.136. The van der Waals surface area contributed by atoms with E-state index in [1.807, 2.05) is 30.0 Å². The molecule has 1 aromatic carbocycles. The lowest BCUT2D eigenvalue weighted by Crippen LogP contribution is -2.50. The molecule has 1 aromatic rings. The zero-order chi connectivity index (χ0) is 13.7. The highest BCUT2D eigenvalue weighted by Gasteiger charge is 2.27. The number of likely N-dealkylation sites (tertiary alicyclic amines) is 1. The second kappa shape index (κ2) is 6.35. The molecule has 0 saturated carbocycles. The number of rotatable bonds is 4. The molecule has 100 valence electrons. The molecule has 0 aliphatic carbocycles. The van der Waals surface area contributed by atoms with E-state index < -0.39 is 0 Å². The Hall–Kier alpha value is -1.86. The minimum Gasteiger partial charge on any atom is -0.337 e. The number of hydrogen-bond donors (Lipinski definition) is 1. The van der Waals surface area contributed by atoms with E-state index >= 15 is 0 Å². The second-order valence-corrected chi connectivity index (χ2v) is 4.82. The highest BCUT2D eigenvalue weighted by atomic mass is 16.2. The van der Waals surface area contributed by atoms with E-state index in [1.165, 1.54) is 0 Å². The maximum Gasteiger partial charge on any atom is 0.240 e. The van der Waals surface area contributed by atoms with Crippen LogP contribution < -0.4 is 5.32 Å². The minimum atomic E-state index is -0.0436. The van der Waals surface area contributed by atoms with E-state index in [9.17, 15) is 4.79 Å².